The van der Waals surface area contributed by atoms with Crippen LogP contribution < -0.4 is 5.14 Å². The van der Waals surface area contributed by atoms with Crippen molar-refractivity contribution < 1.29 is 8.42 Å². The summed E-state index contributed by atoms with van der Waals surface area (Å²) in [4.78, 5) is 0. The van der Waals surface area contributed by atoms with Crippen molar-refractivity contribution in [1.29, 1.82) is 0 Å². The molecule has 0 aliphatic rings. The first kappa shape index (κ1) is 10.3. The van der Waals surface area contributed by atoms with Gasteiger partial charge in [-0.2, -0.15) is 12.6 Å². The highest BCUT2D eigenvalue weighted by atomic mass is 32.2. The Hall–Kier alpha value is 0.260. The van der Waals surface area contributed by atoms with Crippen LogP contribution in [0.25, 0.3) is 0 Å². The molecule has 0 saturated carbocycles. The quantitative estimate of drug-likeness (QED) is 0.478. The minimum Gasteiger partial charge on any atom is -0.229 e. The van der Waals surface area contributed by atoms with Gasteiger partial charge >= 0.3 is 0 Å². The molecule has 0 atom stereocenters. The van der Waals surface area contributed by atoms with Crippen LogP contribution in [0.15, 0.2) is 0 Å². The molecule has 3 nitrogen and oxygen atoms in total. The Bertz CT molecular complexity index is 164. The summed E-state index contributed by atoms with van der Waals surface area (Å²) in [5, 5.41) is 4.77. The van der Waals surface area contributed by atoms with Gasteiger partial charge in [0.15, 0.2) is 0 Å². The Morgan fingerprint density at radius 3 is 2.20 bits per heavy atom. The zero-order chi connectivity index (χ0) is 8.04. The summed E-state index contributed by atoms with van der Waals surface area (Å²) in [7, 11) is -3.23. The molecule has 0 aliphatic carbocycles. The summed E-state index contributed by atoms with van der Waals surface area (Å²) in [6.45, 7) is 0. The van der Waals surface area contributed by atoms with E-state index in [1.807, 2.05) is 0 Å². The highest BCUT2D eigenvalue weighted by Crippen LogP contribution is 1.97. The Balaban J connectivity index is 3.21. The smallest absolute Gasteiger partial charge is 0.209 e. The largest absolute Gasteiger partial charge is 0.229 e. The van der Waals surface area contributed by atoms with Crippen LogP contribution in [0.1, 0.15) is 19.3 Å². The van der Waals surface area contributed by atoms with E-state index in [0.717, 1.165) is 18.6 Å². The van der Waals surface area contributed by atoms with E-state index in [9.17, 15) is 8.42 Å². The molecule has 2 N–H and O–H groups in total. The zero-order valence-corrected chi connectivity index (χ0v) is 7.50. The van der Waals surface area contributed by atoms with Gasteiger partial charge in [-0.3, -0.25) is 0 Å². The van der Waals surface area contributed by atoms with Gasteiger partial charge in [0.25, 0.3) is 0 Å². The molecule has 0 bridgehead atoms. The molecular formula is C5H13NO2S2. The van der Waals surface area contributed by atoms with Crippen molar-refractivity contribution >= 4 is 22.7 Å². The van der Waals surface area contributed by atoms with Crippen molar-refractivity contribution in [1.82, 2.24) is 0 Å². The first-order valence-corrected chi connectivity index (χ1v) is 5.52. The number of primary sulfonamides is 1. The normalized spacial score (nSPS) is 11.8. The second-order valence-electron chi connectivity index (χ2n) is 2.15. The molecule has 10 heavy (non-hydrogen) atoms. The molecule has 0 unspecified atom stereocenters. The predicted octanol–water partition coefficient (Wildman–Crippen LogP) is 0.375. The van der Waals surface area contributed by atoms with Gasteiger partial charge in [0, 0.05) is 0 Å². The highest BCUT2D eigenvalue weighted by molar-refractivity contribution is 7.89. The standard InChI is InChI=1S/C5H13NO2S2/c6-10(7,8)5-3-1-2-4-9/h9H,1-5H2,(H2,6,7,8). The van der Waals surface area contributed by atoms with Gasteiger partial charge in [-0.1, -0.05) is 6.42 Å². The van der Waals surface area contributed by atoms with E-state index in [0.29, 0.717) is 6.42 Å². The first-order valence-electron chi connectivity index (χ1n) is 3.17. The van der Waals surface area contributed by atoms with E-state index in [1.54, 1.807) is 0 Å². The van der Waals surface area contributed by atoms with Crippen LogP contribution in [0.4, 0.5) is 0 Å². The van der Waals surface area contributed by atoms with Crippen LogP contribution in [0, 0.1) is 0 Å². The van der Waals surface area contributed by atoms with Gasteiger partial charge in [0.1, 0.15) is 0 Å². The van der Waals surface area contributed by atoms with Gasteiger partial charge in [0.05, 0.1) is 5.75 Å². The number of nitrogens with two attached hydrogens (primary N) is 1. The van der Waals surface area contributed by atoms with Gasteiger partial charge in [-0.25, -0.2) is 13.6 Å². The van der Waals surface area contributed by atoms with Crippen molar-refractivity contribution in [2.45, 2.75) is 19.3 Å². The van der Waals surface area contributed by atoms with Crippen LogP contribution >= 0.6 is 12.6 Å². The monoisotopic (exact) mass is 183 g/mol. The molecule has 0 aromatic rings. The van der Waals surface area contributed by atoms with Gasteiger partial charge in [-0.15, -0.1) is 0 Å². The molecule has 0 saturated heterocycles. The van der Waals surface area contributed by atoms with Crippen LogP contribution in [0.2, 0.25) is 0 Å². The number of thiol groups is 1. The molecule has 62 valence electrons. The molecule has 0 amide bonds. The second-order valence-corrected chi connectivity index (χ2v) is 4.33. The Kier molecular flexibility index (Phi) is 5.11. The zero-order valence-electron chi connectivity index (χ0n) is 5.78. The van der Waals surface area contributed by atoms with Crippen LogP contribution in [0.5, 0.6) is 0 Å². The molecule has 5 heteroatoms. The van der Waals surface area contributed by atoms with Crippen LogP contribution in [-0.2, 0) is 10.0 Å². The minimum atomic E-state index is -3.23. The van der Waals surface area contributed by atoms with E-state index < -0.39 is 10.0 Å². The van der Waals surface area contributed by atoms with Gasteiger partial charge < -0.3 is 0 Å². The first-order chi connectivity index (χ1) is 4.56. The van der Waals surface area contributed by atoms with E-state index >= 15 is 0 Å². The van der Waals surface area contributed by atoms with E-state index in [4.69, 9.17) is 5.14 Å². The fourth-order valence-corrected chi connectivity index (χ4v) is 1.42. The molecule has 0 radical (unpaired) electrons. The molecule has 0 spiro atoms. The summed E-state index contributed by atoms with van der Waals surface area (Å²) >= 11 is 3.99. The van der Waals surface area contributed by atoms with Gasteiger partial charge in [0.2, 0.25) is 10.0 Å². The van der Waals surface area contributed by atoms with Crippen LogP contribution in [-0.4, -0.2) is 19.9 Å². The SMILES string of the molecule is NS(=O)(=O)CCCCCS. The minimum absolute atomic E-state index is 0.0980. The fraction of sp³-hybridized carbons (Fsp3) is 1.00. The molecule has 0 aromatic carbocycles. The predicted molar refractivity (Wildman–Crippen MR) is 45.7 cm³/mol. The molecule has 0 aliphatic heterocycles. The van der Waals surface area contributed by atoms with E-state index in [1.165, 1.54) is 0 Å². The third-order valence-corrected chi connectivity index (χ3v) is 2.26. The third kappa shape index (κ3) is 8.26. The summed E-state index contributed by atoms with van der Waals surface area (Å²) in [5.41, 5.74) is 0. The lowest BCUT2D eigenvalue weighted by molar-refractivity contribution is 0.593. The fourth-order valence-electron chi connectivity index (χ4n) is 0.592. The third-order valence-electron chi connectivity index (χ3n) is 1.09. The Labute approximate surface area is 67.5 Å². The average Bonchev–Trinajstić information content (AvgIpc) is 1.78. The van der Waals surface area contributed by atoms with Crippen molar-refractivity contribution in [2.75, 3.05) is 11.5 Å². The van der Waals surface area contributed by atoms with Crippen molar-refractivity contribution in [3.8, 4) is 0 Å². The number of unbranched alkanes of at least 4 members (excludes halogenated alkanes) is 2. The van der Waals surface area contributed by atoms with Crippen LogP contribution in [0.3, 0.4) is 0 Å². The Morgan fingerprint density at radius 2 is 1.80 bits per heavy atom. The molecule has 0 fully saturated rings. The van der Waals surface area contributed by atoms with Crippen molar-refractivity contribution in [3.63, 3.8) is 0 Å². The topological polar surface area (TPSA) is 60.2 Å². The average molecular weight is 183 g/mol. The van der Waals surface area contributed by atoms with E-state index in [2.05, 4.69) is 12.6 Å². The van der Waals surface area contributed by atoms with Crippen molar-refractivity contribution in [2.24, 2.45) is 5.14 Å². The summed E-state index contributed by atoms with van der Waals surface area (Å²) in [6, 6.07) is 0. The molecular weight excluding hydrogens is 170 g/mol. The maximum absolute atomic E-state index is 10.4. The maximum atomic E-state index is 10.4. The molecule has 0 heterocycles. The summed E-state index contributed by atoms with van der Waals surface area (Å²) in [5.74, 6) is 0.908. The lowest BCUT2D eigenvalue weighted by Gasteiger charge is -1.95. The number of hydrogen-bond acceptors (Lipinski definition) is 3. The lowest BCUT2D eigenvalue weighted by Crippen LogP contribution is -2.16. The molecule has 0 rings (SSSR count). The van der Waals surface area contributed by atoms with Crippen molar-refractivity contribution in [3.05, 3.63) is 0 Å². The highest BCUT2D eigenvalue weighted by Gasteiger charge is 2.00. The number of hydrogen-bond donors (Lipinski definition) is 2. The summed E-state index contributed by atoms with van der Waals surface area (Å²) in [6.07, 6.45) is 2.50. The lowest BCUT2D eigenvalue weighted by atomic mass is 10.3. The maximum Gasteiger partial charge on any atom is 0.209 e. The Morgan fingerprint density at radius 1 is 1.20 bits per heavy atom. The molecule has 0 aromatic heterocycles. The number of sulfonamides is 1. The summed E-state index contributed by atoms with van der Waals surface area (Å²) < 4.78 is 20.7. The number of rotatable bonds is 5. The second kappa shape index (κ2) is 4.98. The van der Waals surface area contributed by atoms with E-state index in [-0.39, 0.29) is 5.75 Å². The van der Waals surface area contributed by atoms with Gasteiger partial charge in [-0.05, 0) is 18.6 Å².